The topological polar surface area (TPSA) is 57.5 Å². The van der Waals surface area contributed by atoms with E-state index in [1.807, 2.05) is 19.1 Å². The third-order valence-electron chi connectivity index (χ3n) is 5.09. The molecule has 0 spiro atoms. The molecule has 2 aromatic rings. The van der Waals surface area contributed by atoms with Crippen molar-refractivity contribution in [3.63, 3.8) is 0 Å². The number of aromatic carboxylic acids is 1. The highest BCUT2D eigenvalue weighted by Crippen LogP contribution is 2.37. The van der Waals surface area contributed by atoms with Crippen molar-refractivity contribution in [2.45, 2.75) is 72.1 Å². The normalized spacial score (nSPS) is 11.7. The van der Waals surface area contributed by atoms with Crippen LogP contribution in [0.5, 0.6) is 5.75 Å². The average Bonchev–Trinajstić information content (AvgIpc) is 2.60. The molecule has 0 aliphatic carbocycles. The van der Waals surface area contributed by atoms with E-state index in [2.05, 4.69) is 59.4 Å². The highest BCUT2D eigenvalue weighted by molar-refractivity contribution is 5.89. The van der Waals surface area contributed by atoms with Gasteiger partial charge in [0.1, 0.15) is 5.75 Å². The summed E-state index contributed by atoms with van der Waals surface area (Å²) < 4.78 is 0. The fourth-order valence-electron chi connectivity index (χ4n) is 3.25. The minimum atomic E-state index is -0.917. The van der Waals surface area contributed by atoms with Crippen LogP contribution >= 0.6 is 0 Å². The lowest BCUT2D eigenvalue weighted by molar-refractivity contribution is 0.0695. The maximum Gasteiger partial charge on any atom is 0.335 e. The van der Waals surface area contributed by atoms with Crippen molar-refractivity contribution in [1.29, 1.82) is 0 Å². The number of hydrogen-bond acceptors (Lipinski definition) is 2. The second kappa shape index (κ2) is 8.33. The van der Waals surface area contributed by atoms with Crippen LogP contribution in [0.4, 0.5) is 0 Å². The van der Waals surface area contributed by atoms with Gasteiger partial charge >= 0.3 is 5.97 Å². The summed E-state index contributed by atoms with van der Waals surface area (Å²) in [6.45, 7) is 14.7. The average molecular weight is 393 g/mol. The summed E-state index contributed by atoms with van der Waals surface area (Å²) in [5.74, 6) is 5.68. The van der Waals surface area contributed by atoms with Crippen LogP contribution in [-0.4, -0.2) is 16.2 Å². The first-order chi connectivity index (χ1) is 13.3. The highest BCUT2D eigenvalue weighted by Gasteiger charge is 2.24. The Labute approximate surface area is 174 Å². The molecule has 0 saturated heterocycles. The number of carboxylic acids is 1. The van der Waals surface area contributed by atoms with Gasteiger partial charge < -0.3 is 10.2 Å². The Morgan fingerprint density at radius 1 is 0.966 bits per heavy atom. The molecule has 29 heavy (non-hydrogen) atoms. The van der Waals surface area contributed by atoms with Crippen LogP contribution in [0.25, 0.3) is 0 Å². The Hall–Kier alpha value is -2.73. The number of carbonyl (C=O) groups is 1. The lowest BCUT2D eigenvalue weighted by atomic mass is 9.78. The lowest BCUT2D eigenvalue weighted by Gasteiger charge is -2.27. The number of benzene rings is 2. The smallest absolute Gasteiger partial charge is 0.335 e. The van der Waals surface area contributed by atoms with Crippen molar-refractivity contribution < 1.29 is 15.0 Å². The molecule has 0 aliphatic rings. The molecule has 0 aromatic heterocycles. The Morgan fingerprint density at radius 3 is 2.14 bits per heavy atom. The molecule has 2 aromatic carbocycles. The zero-order chi connectivity index (χ0) is 22.0. The van der Waals surface area contributed by atoms with Crippen molar-refractivity contribution in [3.8, 4) is 17.6 Å². The zero-order valence-electron chi connectivity index (χ0n) is 18.6. The van der Waals surface area contributed by atoms with Gasteiger partial charge in [-0.2, -0.15) is 0 Å². The minimum Gasteiger partial charge on any atom is -0.507 e. The molecule has 2 N–H and O–H groups in total. The number of phenolic OH excluding ortho intramolecular Hbond substituents is 1. The highest BCUT2D eigenvalue weighted by atomic mass is 16.4. The molecule has 0 bridgehead atoms. The molecule has 2 rings (SSSR count). The van der Waals surface area contributed by atoms with E-state index >= 15 is 0 Å². The molecule has 0 unspecified atom stereocenters. The monoisotopic (exact) mass is 392 g/mol. The van der Waals surface area contributed by atoms with Crippen LogP contribution in [0.3, 0.4) is 0 Å². The lowest BCUT2D eigenvalue weighted by Crippen LogP contribution is -2.17. The van der Waals surface area contributed by atoms with E-state index in [1.165, 1.54) is 5.56 Å². The van der Waals surface area contributed by atoms with Crippen LogP contribution in [0.15, 0.2) is 30.3 Å². The van der Waals surface area contributed by atoms with E-state index in [-0.39, 0.29) is 10.8 Å². The number of carboxylic acid groups (broad SMARTS) is 1. The van der Waals surface area contributed by atoms with Crippen molar-refractivity contribution in [1.82, 2.24) is 0 Å². The number of aromatic hydroxyl groups is 1. The SMILES string of the molecule is CCc1cc(C#CCc2cc(C(C)(C)C)cc(C(C)(C)C)c2O)ccc1C(=O)O. The molecular weight excluding hydrogens is 360 g/mol. The minimum absolute atomic E-state index is 0.0292. The fourth-order valence-corrected chi connectivity index (χ4v) is 3.25. The predicted molar refractivity (Wildman–Crippen MR) is 119 cm³/mol. The summed E-state index contributed by atoms with van der Waals surface area (Å²) in [6.07, 6.45) is 1.07. The third kappa shape index (κ3) is 5.41. The van der Waals surface area contributed by atoms with Gasteiger partial charge in [0.15, 0.2) is 0 Å². The molecule has 3 nitrogen and oxygen atoms in total. The van der Waals surface area contributed by atoms with Gasteiger partial charge in [0.05, 0.1) is 5.56 Å². The van der Waals surface area contributed by atoms with Gasteiger partial charge in [0.2, 0.25) is 0 Å². The van der Waals surface area contributed by atoms with Gasteiger partial charge in [-0.3, -0.25) is 0 Å². The Morgan fingerprint density at radius 2 is 1.62 bits per heavy atom. The van der Waals surface area contributed by atoms with Crippen LogP contribution < -0.4 is 0 Å². The van der Waals surface area contributed by atoms with Gasteiger partial charge in [0.25, 0.3) is 0 Å². The quantitative estimate of drug-likeness (QED) is 0.645. The Kier molecular flexibility index (Phi) is 6.48. The number of aryl methyl sites for hydroxylation is 1. The van der Waals surface area contributed by atoms with Crippen LogP contribution in [-0.2, 0) is 23.7 Å². The number of hydrogen-bond donors (Lipinski definition) is 2. The van der Waals surface area contributed by atoms with Gasteiger partial charge in [0, 0.05) is 17.5 Å². The molecule has 0 atom stereocenters. The fraction of sp³-hybridized carbons (Fsp3) is 0.423. The molecule has 154 valence electrons. The largest absolute Gasteiger partial charge is 0.507 e. The van der Waals surface area contributed by atoms with E-state index < -0.39 is 5.97 Å². The van der Waals surface area contributed by atoms with E-state index in [0.717, 1.165) is 22.3 Å². The maximum atomic E-state index is 11.3. The van der Waals surface area contributed by atoms with E-state index in [4.69, 9.17) is 0 Å². The molecule has 0 aliphatic heterocycles. The second-order valence-corrected chi connectivity index (χ2v) is 9.54. The summed E-state index contributed by atoms with van der Waals surface area (Å²) in [6, 6.07) is 9.33. The van der Waals surface area contributed by atoms with Gasteiger partial charge in [-0.25, -0.2) is 4.79 Å². The first-order valence-electron chi connectivity index (χ1n) is 10.1. The molecule has 0 amide bonds. The molecular formula is C26H32O3. The first-order valence-corrected chi connectivity index (χ1v) is 10.1. The molecule has 0 saturated carbocycles. The van der Waals surface area contributed by atoms with E-state index in [9.17, 15) is 15.0 Å². The molecule has 0 radical (unpaired) electrons. The summed E-state index contributed by atoms with van der Waals surface area (Å²) in [5, 5.41) is 20.1. The second-order valence-electron chi connectivity index (χ2n) is 9.54. The Bertz CT molecular complexity index is 974. The van der Waals surface area contributed by atoms with Crippen LogP contribution in [0.2, 0.25) is 0 Å². The van der Waals surface area contributed by atoms with Crippen molar-refractivity contribution in [2.24, 2.45) is 0 Å². The maximum absolute atomic E-state index is 11.3. The van der Waals surface area contributed by atoms with Crippen molar-refractivity contribution >= 4 is 5.97 Å². The van der Waals surface area contributed by atoms with Crippen molar-refractivity contribution in [3.05, 3.63) is 63.7 Å². The number of phenols is 1. The summed E-state index contributed by atoms with van der Waals surface area (Å²) in [4.78, 5) is 11.3. The standard InChI is InChI=1S/C26H32O3/c1-8-18-14-17(12-13-21(18)24(28)29)10-9-11-19-15-20(25(2,3)4)16-22(23(19)27)26(5,6)7/h12-16,27H,8,11H2,1-7H3,(H,28,29). The van der Waals surface area contributed by atoms with Gasteiger partial charge in [-0.15, -0.1) is 0 Å². The zero-order valence-corrected chi connectivity index (χ0v) is 18.6. The number of rotatable bonds is 3. The van der Waals surface area contributed by atoms with Crippen LogP contribution in [0, 0.1) is 11.8 Å². The van der Waals surface area contributed by atoms with Crippen molar-refractivity contribution in [2.75, 3.05) is 0 Å². The van der Waals surface area contributed by atoms with E-state index in [0.29, 0.717) is 24.2 Å². The third-order valence-corrected chi connectivity index (χ3v) is 5.09. The first kappa shape index (κ1) is 22.6. The molecule has 0 heterocycles. The van der Waals surface area contributed by atoms with E-state index in [1.54, 1.807) is 12.1 Å². The molecule has 0 fully saturated rings. The summed E-state index contributed by atoms with van der Waals surface area (Å²) in [5.41, 5.74) is 4.62. The van der Waals surface area contributed by atoms with Gasteiger partial charge in [-0.1, -0.05) is 72.4 Å². The summed E-state index contributed by atoms with van der Waals surface area (Å²) in [7, 11) is 0. The Balaban J connectivity index is 2.43. The molecule has 3 heteroatoms. The predicted octanol–water partition coefficient (Wildman–Crippen LogP) is 5.84. The van der Waals surface area contributed by atoms with Gasteiger partial charge in [-0.05, 0) is 52.1 Å². The summed E-state index contributed by atoms with van der Waals surface area (Å²) >= 11 is 0. The van der Waals surface area contributed by atoms with Crippen LogP contribution in [0.1, 0.15) is 86.6 Å².